The van der Waals surface area contributed by atoms with Gasteiger partial charge in [-0.25, -0.2) is 0 Å². The van der Waals surface area contributed by atoms with Crippen LogP contribution in [0.5, 0.6) is 0 Å². The van der Waals surface area contributed by atoms with Gasteiger partial charge in [0.15, 0.2) is 0 Å². The normalized spacial score (nSPS) is 24.2. The van der Waals surface area contributed by atoms with Crippen molar-refractivity contribution in [3.8, 4) is 0 Å². The van der Waals surface area contributed by atoms with Gasteiger partial charge in [0.05, 0.1) is 0 Å². The Balaban J connectivity index is 2.45. The Morgan fingerprint density at radius 3 is 2.54 bits per heavy atom. The molecule has 1 heterocycles. The molecule has 0 atom stereocenters. The highest BCUT2D eigenvalue weighted by Gasteiger charge is 1.96. The molecule has 2 nitrogen and oxygen atoms in total. The Morgan fingerprint density at radius 2 is 1.77 bits per heavy atom. The molecule has 0 spiro atoms. The maximum absolute atomic E-state index is 2.36. The van der Waals surface area contributed by atoms with Crippen molar-refractivity contribution in [1.82, 2.24) is 9.80 Å². The molecule has 0 bridgehead atoms. The predicted molar refractivity (Wildman–Crippen MR) is 57.4 cm³/mol. The van der Waals surface area contributed by atoms with Crippen LogP contribution in [-0.4, -0.2) is 36.5 Å². The van der Waals surface area contributed by atoms with Gasteiger partial charge in [0.25, 0.3) is 0 Å². The van der Waals surface area contributed by atoms with E-state index in [4.69, 9.17) is 0 Å². The molecule has 1 aliphatic heterocycles. The van der Waals surface area contributed by atoms with Crippen LogP contribution in [0.1, 0.15) is 19.8 Å². The minimum Gasteiger partial charge on any atom is -0.380 e. The summed E-state index contributed by atoms with van der Waals surface area (Å²) in [5.74, 6) is 0. The average Bonchev–Trinajstić information content (AvgIpc) is 2.16. The fourth-order valence-electron chi connectivity index (χ4n) is 1.41. The average molecular weight is 180 g/mol. The summed E-state index contributed by atoms with van der Waals surface area (Å²) < 4.78 is 0. The Bertz CT molecular complexity index is 185. The Hall–Kier alpha value is -0.920. The second-order valence-electron chi connectivity index (χ2n) is 3.46. The predicted octanol–water partition coefficient (Wildman–Crippen LogP) is 2.06. The summed E-state index contributed by atoms with van der Waals surface area (Å²) >= 11 is 0. The highest BCUT2D eigenvalue weighted by atomic mass is 15.1. The smallest absolute Gasteiger partial charge is 0.0207 e. The number of nitrogens with zero attached hydrogens (tertiary/aromatic N) is 2. The topological polar surface area (TPSA) is 6.48 Å². The molecule has 1 rings (SSSR count). The van der Waals surface area contributed by atoms with Crippen LogP contribution in [0.4, 0.5) is 0 Å². The molecule has 0 amide bonds. The lowest BCUT2D eigenvalue weighted by atomic mass is 10.3. The third-order valence-electron chi connectivity index (χ3n) is 2.31. The molecule has 0 aromatic heterocycles. The molecule has 0 unspecified atom stereocenters. The summed E-state index contributed by atoms with van der Waals surface area (Å²) in [5, 5.41) is 0. The van der Waals surface area contributed by atoms with Gasteiger partial charge in [0, 0.05) is 26.7 Å². The molecule has 0 saturated carbocycles. The van der Waals surface area contributed by atoms with Crippen molar-refractivity contribution in [2.45, 2.75) is 19.8 Å². The van der Waals surface area contributed by atoms with Crippen molar-refractivity contribution < 1.29 is 0 Å². The lowest BCUT2D eigenvalue weighted by Gasteiger charge is -2.19. The van der Waals surface area contributed by atoms with E-state index in [2.05, 4.69) is 48.3 Å². The minimum atomic E-state index is 1.11. The van der Waals surface area contributed by atoms with Gasteiger partial charge in [0.1, 0.15) is 0 Å². The molecule has 0 N–H and O–H groups in total. The van der Waals surface area contributed by atoms with Crippen LogP contribution in [0, 0.1) is 0 Å². The zero-order chi connectivity index (χ0) is 9.52. The van der Waals surface area contributed by atoms with E-state index in [0.717, 1.165) is 32.5 Å². The van der Waals surface area contributed by atoms with Crippen molar-refractivity contribution in [1.29, 1.82) is 0 Å². The first-order valence-electron chi connectivity index (χ1n) is 5.10. The zero-order valence-corrected chi connectivity index (χ0v) is 8.74. The van der Waals surface area contributed by atoms with Crippen molar-refractivity contribution in [2.24, 2.45) is 0 Å². The molecule has 2 heteroatoms. The molecule has 0 saturated heterocycles. The molecule has 1 aliphatic rings. The first-order chi connectivity index (χ1) is 6.33. The van der Waals surface area contributed by atoms with Crippen molar-refractivity contribution in [3.63, 3.8) is 0 Å². The zero-order valence-electron chi connectivity index (χ0n) is 8.74. The molecule has 0 aliphatic carbocycles. The maximum Gasteiger partial charge on any atom is 0.0207 e. The lowest BCUT2D eigenvalue weighted by Crippen LogP contribution is -2.19. The molecule has 0 aromatic carbocycles. The number of hydrogen-bond acceptors (Lipinski definition) is 2. The molecule has 0 fully saturated rings. The molecule has 0 radical (unpaired) electrons. The van der Waals surface area contributed by atoms with Crippen LogP contribution in [0.2, 0.25) is 0 Å². The Morgan fingerprint density at radius 1 is 1.08 bits per heavy atom. The van der Waals surface area contributed by atoms with E-state index in [1.807, 2.05) is 0 Å². The number of hydrogen-bond donors (Lipinski definition) is 0. The van der Waals surface area contributed by atoms with Crippen LogP contribution >= 0.6 is 0 Å². The quantitative estimate of drug-likeness (QED) is 0.609. The van der Waals surface area contributed by atoms with E-state index in [0.29, 0.717) is 0 Å². The fourth-order valence-corrected chi connectivity index (χ4v) is 1.41. The van der Waals surface area contributed by atoms with Crippen molar-refractivity contribution in [3.05, 3.63) is 24.6 Å². The van der Waals surface area contributed by atoms with Gasteiger partial charge in [-0.1, -0.05) is 12.2 Å². The summed E-state index contributed by atoms with van der Waals surface area (Å²) in [7, 11) is 2.13. The summed E-state index contributed by atoms with van der Waals surface area (Å²) in [6, 6.07) is 0. The van der Waals surface area contributed by atoms with Gasteiger partial charge in [0.2, 0.25) is 0 Å². The highest BCUT2D eigenvalue weighted by molar-refractivity contribution is 4.89. The molecule has 13 heavy (non-hydrogen) atoms. The number of rotatable bonds is 1. The van der Waals surface area contributed by atoms with Crippen LogP contribution in [0.3, 0.4) is 0 Å². The van der Waals surface area contributed by atoms with Gasteiger partial charge in [-0.3, -0.25) is 0 Å². The van der Waals surface area contributed by atoms with Crippen LogP contribution in [0.25, 0.3) is 0 Å². The fraction of sp³-hybridized carbons (Fsp3) is 0.636. The van der Waals surface area contributed by atoms with Gasteiger partial charge >= 0.3 is 0 Å². The van der Waals surface area contributed by atoms with E-state index >= 15 is 0 Å². The molecule has 74 valence electrons. The maximum atomic E-state index is 2.36. The third kappa shape index (κ3) is 4.02. The van der Waals surface area contributed by atoms with E-state index in [9.17, 15) is 0 Å². The van der Waals surface area contributed by atoms with E-state index in [-0.39, 0.29) is 0 Å². The Kier molecular flexibility index (Phi) is 4.44. The SMILES string of the molecule is CCN1/C=C\CCN(C)/C=C\CC1. The molecule has 0 aromatic rings. The first-order valence-corrected chi connectivity index (χ1v) is 5.10. The van der Waals surface area contributed by atoms with Crippen molar-refractivity contribution in [2.75, 3.05) is 26.7 Å². The second kappa shape index (κ2) is 5.68. The molecular formula is C11H20N2. The summed E-state index contributed by atoms with van der Waals surface area (Å²) in [4.78, 5) is 4.60. The summed E-state index contributed by atoms with van der Waals surface area (Å²) in [6.45, 7) is 5.56. The van der Waals surface area contributed by atoms with Gasteiger partial charge in [-0.15, -0.1) is 0 Å². The summed E-state index contributed by atoms with van der Waals surface area (Å²) in [6.07, 6.45) is 11.2. The van der Waals surface area contributed by atoms with E-state index < -0.39 is 0 Å². The Labute approximate surface area is 81.5 Å². The third-order valence-corrected chi connectivity index (χ3v) is 2.31. The second-order valence-corrected chi connectivity index (χ2v) is 3.46. The minimum absolute atomic E-state index is 1.11. The van der Waals surface area contributed by atoms with Gasteiger partial charge in [-0.2, -0.15) is 0 Å². The molecular weight excluding hydrogens is 160 g/mol. The first kappa shape index (κ1) is 10.2. The lowest BCUT2D eigenvalue weighted by molar-refractivity contribution is 0.393. The van der Waals surface area contributed by atoms with Crippen molar-refractivity contribution >= 4 is 0 Å². The van der Waals surface area contributed by atoms with Crippen LogP contribution in [0.15, 0.2) is 24.6 Å². The van der Waals surface area contributed by atoms with Crippen LogP contribution in [-0.2, 0) is 0 Å². The monoisotopic (exact) mass is 180 g/mol. The van der Waals surface area contributed by atoms with Gasteiger partial charge < -0.3 is 9.80 Å². The standard InChI is InChI=1S/C11H20N2/c1-3-13-10-6-4-8-12(2)9-5-7-11-13/h4,7-8,11H,3,5-6,9-10H2,1-2H3/b8-4-,11-7-. The van der Waals surface area contributed by atoms with E-state index in [1.54, 1.807) is 0 Å². The van der Waals surface area contributed by atoms with E-state index in [1.165, 1.54) is 0 Å². The largest absolute Gasteiger partial charge is 0.380 e. The van der Waals surface area contributed by atoms with Crippen LogP contribution < -0.4 is 0 Å². The summed E-state index contributed by atoms with van der Waals surface area (Å²) in [5.41, 5.74) is 0. The highest BCUT2D eigenvalue weighted by Crippen LogP contribution is 2.00. The van der Waals surface area contributed by atoms with Gasteiger partial charge in [-0.05, 0) is 32.2 Å².